The Labute approximate surface area is 102 Å². The number of rotatable bonds is 3. The molecule has 18 heavy (non-hydrogen) atoms. The summed E-state index contributed by atoms with van der Waals surface area (Å²) in [5, 5.41) is 2.81. The molecule has 7 heteroatoms. The lowest BCUT2D eigenvalue weighted by Crippen LogP contribution is -2.34. The second-order valence-electron chi connectivity index (χ2n) is 3.85. The van der Waals surface area contributed by atoms with Crippen LogP contribution in [-0.2, 0) is 15.7 Å². The molecule has 100 valence electrons. The van der Waals surface area contributed by atoms with Crippen molar-refractivity contribution in [3.05, 3.63) is 23.9 Å². The molecule has 0 amide bonds. The van der Waals surface area contributed by atoms with Crippen LogP contribution in [0.3, 0.4) is 0 Å². The first-order chi connectivity index (χ1) is 8.55. The van der Waals surface area contributed by atoms with E-state index in [0.29, 0.717) is 26.4 Å². The van der Waals surface area contributed by atoms with Gasteiger partial charge in [-0.1, -0.05) is 6.07 Å². The summed E-state index contributed by atoms with van der Waals surface area (Å²) in [6.07, 6.45) is -4.59. The molecule has 1 saturated heterocycles. The van der Waals surface area contributed by atoms with Gasteiger partial charge in [0.25, 0.3) is 0 Å². The van der Waals surface area contributed by atoms with Gasteiger partial charge in [-0.15, -0.1) is 0 Å². The second kappa shape index (κ2) is 5.53. The summed E-state index contributed by atoms with van der Waals surface area (Å²) >= 11 is 0. The van der Waals surface area contributed by atoms with Gasteiger partial charge in [0.1, 0.15) is 11.5 Å². The standard InChI is InChI=1S/C11H13F3N2O2/c12-11(13,14)9-2-1-3-10(16-9)15-6-8-7-17-4-5-18-8/h1-3,8H,4-7H2,(H,15,16). The van der Waals surface area contributed by atoms with E-state index in [0.717, 1.165) is 6.07 Å². The van der Waals surface area contributed by atoms with Crippen LogP contribution < -0.4 is 5.32 Å². The van der Waals surface area contributed by atoms with Crippen molar-refractivity contribution in [3.63, 3.8) is 0 Å². The predicted molar refractivity (Wildman–Crippen MR) is 58.3 cm³/mol. The van der Waals surface area contributed by atoms with E-state index in [-0.39, 0.29) is 11.9 Å². The zero-order valence-corrected chi connectivity index (χ0v) is 9.54. The highest BCUT2D eigenvalue weighted by Crippen LogP contribution is 2.28. The van der Waals surface area contributed by atoms with Gasteiger partial charge in [-0.05, 0) is 12.1 Å². The lowest BCUT2D eigenvalue weighted by Gasteiger charge is -2.23. The van der Waals surface area contributed by atoms with Gasteiger partial charge in [-0.25, -0.2) is 4.98 Å². The third kappa shape index (κ3) is 3.58. The Bertz CT molecular complexity index is 392. The number of aromatic nitrogens is 1. The molecule has 1 unspecified atom stereocenters. The van der Waals surface area contributed by atoms with E-state index >= 15 is 0 Å². The van der Waals surface area contributed by atoms with Gasteiger partial charge in [0.15, 0.2) is 0 Å². The first kappa shape index (κ1) is 13.1. The molecule has 4 nitrogen and oxygen atoms in total. The molecule has 1 atom stereocenters. The van der Waals surface area contributed by atoms with E-state index in [1.807, 2.05) is 0 Å². The third-order valence-electron chi connectivity index (χ3n) is 2.44. The monoisotopic (exact) mass is 262 g/mol. The third-order valence-corrected chi connectivity index (χ3v) is 2.44. The highest BCUT2D eigenvalue weighted by molar-refractivity contribution is 5.36. The Balaban J connectivity index is 1.92. The smallest absolute Gasteiger partial charge is 0.376 e. The lowest BCUT2D eigenvalue weighted by atomic mass is 10.3. The Morgan fingerprint density at radius 2 is 2.17 bits per heavy atom. The topological polar surface area (TPSA) is 43.4 Å². The summed E-state index contributed by atoms with van der Waals surface area (Å²) in [6, 6.07) is 3.74. The molecule has 0 bridgehead atoms. The van der Waals surface area contributed by atoms with E-state index < -0.39 is 11.9 Å². The maximum Gasteiger partial charge on any atom is 0.433 e. The first-order valence-electron chi connectivity index (χ1n) is 5.53. The van der Waals surface area contributed by atoms with E-state index in [4.69, 9.17) is 9.47 Å². The second-order valence-corrected chi connectivity index (χ2v) is 3.85. The van der Waals surface area contributed by atoms with Crippen LogP contribution in [0, 0.1) is 0 Å². The largest absolute Gasteiger partial charge is 0.433 e. The molecule has 0 radical (unpaired) electrons. The maximum absolute atomic E-state index is 12.4. The van der Waals surface area contributed by atoms with Crippen LogP contribution >= 0.6 is 0 Å². The fourth-order valence-corrected chi connectivity index (χ4v) is 1.56. The Morgan fingerprint density at radius 1 is 1.33 bits per heavy atom. The van der Waals surface area contributed by atoms with Crippen LogP contribution in [0.4, 0.5) is 19.0 Å². The fourth-order valence-electron chi connectivity index (χ4n) is 1.56. The van der Waals surface area contributed by atoms with Gasteiger partial charge in [-0.3, -0.25) is 0 Å². The maximum atomic E-state index is 12.4. The molecule has 1 aliphatic heterocycles. The highest BCUT2D eigenvalue weighted by Gasteiger charge is 2.32. The van der Waals surface area contributed by atoms with Gasteiger partial charge in [0.05, 0.1) is 25.9 Å². The summed E-state index contributed by atoms with van der Waals surface area (Å²) in [4.78, 5) is 3.50. The van der Waals surface area contributed by atoms with E-state index in [2.05, 4.69) is 10.3 Å². The molecule has 0 aliphatic carbocycles. The summed E-state index contributed by atoms with van der Waals surface area (Å²) in [6.45, 7) is 1.86. The first-order valence-corrected chi connectivity index (χ1v) is 5.53. The van der Waals surface area contributed by atoms with Crippen molar-refractivity contribution < 1.29 is 22.6 Å². The average Bonchev–Trinajstić information content (AvgIpc) is 2.37. The van der Waals surface area contributed by atoms with E-state index in [9.17, 15) is 13.2 Å². The molecular weight excluding hydrogens is 249 g/mol. The van der Waals surface area contributed by atoms with Gasteiger partial charge >= 0.3 is 6.18 Å². The fraction of sp³-hybridized carbons (Fsp3) is 0.545. The van der Waals surface area contributed by atoms with Crippen molar-refractivity contribution in [2.45, 2.75) is 12.3 Å². The predicted octanol–water partition coefficient (Wildman–Crippen LogP) is 1.93. The minimum Gasteiger partial charge on any atom is -0.376 e. The van der Waals surface area contributed by atoms with Gasteiger partial charge in [0, 0.05) is 6.54 Å². The summed E-state index contributed by atoms with van der Waals surface area (Å²) in [5.74, 6) is 0.180. The molecule has 0 saturated carbocycles. The number of hydrogen-bond donors (Lipinski definition) is 1. The minimum absolute atomic E-state index is 0.157. The highest BCUT2D eigenvalue weighted by atomic mass is 19.4. The Kier molecular flexibility index (Phi) is 4.03. The van der Waals surface area contributed by atoms with Crippen LogP contribution in [-0.4, -0.2) is 37.5 Å². The summed E-state index contributed by atoms with van der Waals surface area (Å²) in [5.41, 5.74) is -0.909. The van der Waals surface area contributed by atoms with Crippen molar-refractivity contribution in [3.8, 4) is 0 Å². The minimum atomic E-state index is -4.43. The van der Waals surface area contributed by atoms with E-state index in [1.54, 1.807) is 0 Å². The zero-order valence-electron chi connectivity index (χ0n) is 9.54. The van der Waals surface area contributed by atoms with Gasteiger partial charge in [-0.2, -0.15) is 13.2 Å². The van der Waals surface area contributed by atoms with Gasteiger partial charge in [0.2, 0.25) is 0 Å². The van der Waals surface area contributed by atoms with Crippen molar-refractivity contribution >= 4 is 5.82 Å². The normalized spacial score (nSPS) is 20.7. The van der Waals surface area contributed by atoms with Crippen molar-refractivity contribution in [2.24, 2.45) is 0 Å². The number of nitrogens with one attached hydrogen (secondary N) is 1. The zero-order chi connectivity index (χ0) is 13.0. The number of pyridine rings is 1. The quantitative estimate of drug-likeness (QED) is 0.904. The SMILES string of the molecule is FC(F)(F)c1cccc(NCC2COCCO2)n1. The van der Waals surface area contributed by atoms with Crippen LogP contribution in [0.5, 0.6) is 0 Å². The van der Waals surface area contributed by atoms with Crippen molar-refractivity contribution in [1.29, 1.82) is 0 Å². The van der Waals surface area contributed by atoms with E-state index in [1.165, 1.54) is 12.1 Å². The molecule has 2 heterocycles. The molecule has 1 aliphatic rings. The molecule has 0 aromatic carbocycles. The van der Waals surface area contributed by atoms with Crippen LogP contribution in [0.15, 0.2) is 18.2 Å². The number of halogens is 3. The van der Waals surface area contributed by atoms with Crippen LogP contribution in [0.1, 0.15) is 5.69 Å². The molecule has 1 aromatic rings. The average molecular weight is 262 g/mol. The Morgan fingerprint density at radius 3 is 2.83 bits per heavy atom. The van der Waals surface area contributed by atoms with Crippen molar-refractivity contribution in [1.82, 2.24) is 4.98 Å². The number of nitrogens with zero attached hydrogens (tertiary/aromatic N) is 1. The van der Waals surface area contributed by atoms with Crippen LogP contribution in [0.25, 0.3) is 0 Å². The number of ether oxygens (including phenoxy) is 2. The molecule has 2 rings (SSSR count). The summed E-state index contributed by atoms with van der Waals surface area (Å²) < 4.78 is 47.8. The van der Waals surface area contributed by atoms with Crippen LogP contribution in [0.2, 0.25) is 0 Å². The lowest BCUT2D eigenvalue weighted by molar-refractivity contribution is -0.141. The molecule has 1 fully saturated rings. The Hall–Kier alpha value is -1.34. The molecular formula is C11H13F3N2O2. The molecule has 0 spiro atoms. The van der Waals surface area contributed by atoms with Crippen molar-refractivity contribution in [2.75, 3.05) is 31.7 Å². The number of hydrogen-bond acceptors (Lipinski definition) is 4. The number of alkyl halides is 3. The van der Waals surface area contributed by atoms with Gasteiger partial charge < -0.3 is 14.8 Å². The number of anilines is 1. The molecule has 1 N–H and O–H groups in total. The summed E-state index contributed by atoms with van der Waals surface area (Å²) in [7, 11) is 0. The molecule has 1 aromatic heterocycles.